The Morgan fingerprint density at radius 2 is 2.24 bits per heavy atom. The number of rotatable bonds is 1. The van der Waals surface area contributed by atoms with Crippen LogP contribution in [0.4, 0.5) is 4.39 Å². The molecule has 17 heavy (non-hydrogen) atoms. The lowest BCUT2D eigenvalue weighted by molar-refractivity contribution is -0.134. The van der Waals surface area contributed by atoms with E-state index in [1.807, 2.05) is 31.5 Å². The molecule has 0 spiro atoms. The number of fused-ring (bicyclic) bond motifs is 1. The Bertz CT molecular complexity index is 480. The van der Waals surface area contributed by atoms with Crippen molar-refractivity contribution in [2.75, 3.05) is 0 Å². The smallest absolute Gasteiger partial charge is 0.282 e. The SMILES string of the molecule is C=C(F)C(=O)N1C(C)Cn2nc(C)cc2C1C. The molecule has 0 N–H and O–H groups in total. The van der Waals surface area contributed by atoms with Crippen LogP contribution in [0.5, 0.6) is 0 Å². The number of aromatic nitrogens is 2. The van der Waals surface area contributed by atoms with Gasteiger partial charge in [0.25, 0.3) is 5.91 Å². The van der Waals surface area contributed by atoms with Crippen molar-refractivity contribution < 1.29 is 9.18 Å². The normalized spacial score (nSPS) is 23.4. The first-order chi connectivity index (χ1) is 7.91. The molecule has 2 atom stereocenters. The Balaban J connectivity index is 2.39. The van der Waals surface area contributed by atoms with E-state index < -0.39 is 11.7 Å². The molecule has 0 radical (unpaired) electrons. The predicted octanol–water partition coefficient (Wildman–Crippen LogP) is 1.97. The van der Waals surface area contributed by atoms with E-state index in [1.165, 1.54) is 4.90 Å². The molecule has 0 aliphatic carbocycles. The largest absolute Gasteiger partial charge is 0.324 e. The monoisotopic (exact) mass is 237 g/mol. The molecule has 1 aromatic rings. The summed E-state index contributed by atoms with van der Waals surface area (Å²) >= 11 is 0. The summed E-state index contributed by atoms with van der Waals surface area (Å²) in [4.78, 5) is 13.3. The molecule has 92 valence electrons. The van der Waals surface area contributed by atoms with E-state index in [0.717, 1.165) is 11.4 Å². The summed E-state index contributed by atoms with van der Waals surface area (Å²) in [6.07, 6.45) is 0. The second-order valence-electron chi connectivity index (χ2n) is 4.54. The molecule has 1 aliphatic heterocycles. The number of amides is 1. The van der Waals surface area contributed by atoms with Crippen molar-refractivity contribution in [1.82, 2.24) is 14.7 Å². The van der Waals surface area contributed by atoms with Crippen LogP contribution in [0.2, 0.25) is 0 Å². The van der Waals surface area contributed by atoms with Gasteiger partial charge in [0.1, 0.15) is 0 Å². The van der Waals surface area contributed by atoms with Gasteiger partial charge in [0, 0.05) is 6.04 Å². The molecular weight excluding hydrogens is 221 g/mol. The Labute approximate surface area is 99.7 Å². The summed E-state index contributed by atoms with van der Waals surface area (Å²) in [5, 5.41) is 4.35. The molecule has 2 heterocycles. The van der Waals surface area contributed by atoms with Crippen LogP contribution in [0.1, 0.15) is 31.3 Å². The van der Waals surface area contributed by atoms with Crippen LogP contribution >= 0.6 is 0 Å². The third kappa shape index (κ3) is 1.85. The van der Waals surface area contributed by atoms with Gasteiger partial charge in [0.15, 0.2) is 5.83 Å². The van der Waals surface area contributed by atoms with Gasteiger partial charge in [0.2, 0.25) is 0 Å². The van der Waals surface area contributed by atoms with Crippen molar-refractivity contribution in [2.45, 2.75) is 39.4 Å². The van der Waals surface area contributed by atoms with Crippen molar-refractivity contribution in [1.29, 1.82) is 0 Å². The second-order valence-corrected chi connectivity index (χ2v) is 4.54. The van der Waals surface area contributed by atoms with Gasteiger partial charge in [0.05, 0.1) is 24.0 Å². The summed E-state index contributed by atoms with van der Waals surface area (Å²) in [7, 11) is 0. The molecule has 0 saturated carbocycles. The molecular formula is C12H16FN3O. The number of carbonyl (C=O) groups excluding carboxylic acids is 1. The maximum atomic E-state index is 13.0. The van der Waals surface area contributed by atoms with Gasteiger partial charge in [-0.15, -0.1) is 0 Å². The van der Waals surface area contributed by atoms with Crippen molar-refractivity contribution >= 4 is 5.91 Å². The molecule has 2 unspecified atom stereocenters. The van der Waals surface area contributed by atoms with E-state index >= 15 is 0 Å². The first kappa shape index (κ1) is 11.8. The quantitative estimate of drug-likeness (QED) is 0.700. The summed E-state index contributed by atoms with van der Waals surface area (Å²) < 4.78 is 14.9. The van der Waals surface area contributed by atoms with Gasteiger partial charge in [-0.2, -0.15) is 5.10 Å². The van der Waals surface area contributed by atoms with E-state index in [-0.39, 0.29) is 12.1 Å². The topological polar surface area (TPSA) is 38.1 Å². The zero-order valence-electron chi connectivity index (χ0n) is 10.3. The third-order valence-electron chi connectivity index (χ3n) is 3.16. The molecule has 1 amide bonds. The van der Waals surface area contributed by atoms with Gasteiger partial charge in [-0.3, -0.25) is 9.48 Å². The zero-order valence-corrected chi connectivity index (χ0v) is 10.3. The highest BCUT2D eigenvalue weighted by Crippen LogP contribution is 2.30. The van der Waals surface area contributed by atoms with Crippen LogP contribution < -0.4 is 0 Å². The molecule has 5 heteroatoms. The molecule has 1 aromatic heterocycles. The van der Waals surface area contributed by atoms with E-state index in [1.54, 1.807) is 0 Å². The molecule has 0 bridgehead atoms. The summed E-state index contributed by atoms with van der Waals surface area (Å²) in [5.74, 6) is -1.54. The van der Waals surface area contributed by atoms with Crippen LogP contribution in [0.25, 0.3) is 0 Å². The van der Waals surface area contributed by atoms with Crippen molar-refractivity contribution in [3.63, 3.8) is 0 Å². The zero-order chi connectivity index (χ0) is 12.7. The first-order valence-electron chi connectivity index (χ1n) is 5.63. The fourth-order valence-electron chi connectivity index (χ4n) is 2.43. The molecule has 1 aliphatic rings. The van der Waals surface area contributed by atoms with Crippen LogP contribution in [0.3, 0.4) is 0 Å². The van der Waals surface area contributed by atoms with Gasteiger partial charge in [-0.1, -0.05) is 6.58 Å². The maximum Gasteiger partial charge on any atom is 0.282 e. The molecule has 0 saturated heterocycles. The Kier molecular flexibility index (Phi) is 2.77. The molecule has 4 nitrogen and oxygen atoms in total. The predicted molar refractivity (Wildman–Crippen MR) is 61.9 cm³/mol. The van der Waals surface area contributed by atoms with E-state index in [4.69, 9.17) is 0 Å². The van der Waals surface area contributed by atoms with Crippen molar-refractivity contribution in [3.8, 4) is 0 Å². The number of aryl methyl sites for hydroxylation is 1. The lowest BCUT2D eigenvalue weighted by Gasteiger charge is -2.38. The number of hydrogen-bond donors (Lipinski definition) is 0. The molecule has 0 aromatic carbocycles. The Morgan fingerprint density at radius 1 is 1.59 bits per heavy atom. The summed E-state index contributed by atoms with van der Waals surface area (Å²) in [6, 6.07) is 1.66. The highest BCUT2D eigenvalue weighted by Gasteiger charge is 2.34. The minimum atomic E-state index is -0.909. The van der Waals surface area contributed by atoms with Gasteiger partial charge in [-0.25, -0.2) is 4.39 Å². The number of halogens is 1. The van der Waals surface area contributed by atoms with Gasteiger partial charge >= 0.3 is 0 Å². The highest BCUT2D eigenvalue weighted by atomic mass is 19.1. The van der Waals surface area contributed by atoms with Crippen molar-refractivity contribution in [2.24, 2.45) is 0 Å². The standard InChI is InChI=1S/C12H16FN3O/c1-7-5-11-10(4)16(12(17)9(3)13)8(2)6-15(11)14-7/h5,8,10H,3,6H2,1-2,4H3. The number of carbonyl (C=O) groups is 1. The fourth-order valence-corrected chi connectivity index (χ4v) is 2.43. The van der Waals surface area contributed by atoms with Crippen LogP contribution in [0.15, 0.2) is 18.5 Å². The second kappa shape index (κ2) is 3.98. The minimum Gasteiger partial charge on any atom is -0.324 e. The fraction of sp³-hybridized carbons (Fsp3) is 0.500. The highest BCUT2D eigenvalue weighted by molar-refractivity contribution is 5.91. The minimum absolute atomic E-state index is 0.0863. The van der Waals surface area contributed by atoms with Crippen LogP contribution in [-0.2, 0) is 11.3 Å². The number of nitrogens with zero attached hydrogens (tertiary/aromatic N) is 3. The van der Waals surface area contributed by atoms with Crippen molar-refractivity contribution in [3.05, 3.63) is 29.9 Å². The lowest BCUT2D eigenvalue weighted by Crippen LogP contribution is -2.47. The Morgan fingerprint density at radius 3 is 2.82 bits per heavy atom. The van der Waals surface area contributed by atoms with Crippen LogP contribution in [0, 0.1) is 6.92 Å². The lowest BCUT2D eigenvalue weighted by atomic mass is 10.1. The Hall–Kier alpha value is -1.65. The first-order valence-corrected chi connectivity index (χ1v) is 5.63. The average Bonchev–Trinajstić information content (AvgIpc) is 2.58. The van der Waals surface area contributed by atoms with E-state index in [9.17, 15) is 9.18 Å². The average molecular weight is 237 g/mol. The third-order valence-corrected chi connectivity index (χ3v) is 3.16. The van der Waals surface area contributed by atoms with Gasteiger partial charge < -0.3 is 4.90 Å². The molecule has 0 fully saturated rings. The number of hydrogen-bond acceptors (Lipinski definition) is 2. The summed E-state index contributed by atoms with van der Waals surface area (Å²) in [6.45, 7) is 9.34. The van der Waals surface area contributed by atoms with E-state index in [2.05, 4.69) is 11.7 Å². The maximum absolute atomic E-state index is 13.0. The molecule has 2 rings (SSSR count). The van der Waals surface area contributed by atoms with Gasteiger partial charge in [-0.05, 0) is 26.8 Å². The van der Waals surface area contributed by atoms with Crippen LogP contribution in [-0.4, -0.2) is 26.6 Å². The van der Waals surface area contributed by atoms with E-state index in [0.29, 0.717) is 6.54 Å². The summed E-state index contributed by atoms with van der Waals surface area (Å²) in [5.41, 5.74) is 1.85.